The van der Waals surface area contributed by atoms with E-state index < -0.39 is 0 Å². The van der Waals surface area contributed by atoms with E-state index in [0.717, 1.165) is 5.56 Å². The number of rotatable bonds is 4. The molecule has 6 heteroatoms. The van der Waals surface area contributed by atoms with Crippen molar-refractivity contribution in [3.8, 4) is 0 Å². The highest BCUT2D eigenvalue weighted by atomic mass is 35.5. The van der Waals surface area contributed by atoms with Gasteiger partial charge in [0, 0.05) is 29.1 Å². The zero-order valence-electron chi connectivity index (χ0n) is 9.72. The molecule has 0 aliphatic carbocycles. The van der Waals surface area contributed by atoms with Gasteiger partial charge in [0.2, 0.25) is 0 Å². The van der Waals surface area contributed by atoms with E-state index in [4.69, 9.17) is 27.9 Å². The third-order valence-corrected chi connectivity index (χ3v) is 3.38. The second-order valence-electron chi connectivity index (χ2n) is 3.85. The van der Waals surface area contributed by atoms with Crippen LogP contribution < -0.4 is 5.56 Å². The van der Waals surface area contributed by atoms with Gasteiger partial charge in [-0.1, -0.05) is 29.3 Å². The van der Waals surface area contributed by atoms with Crippen molar-refractivity contribution in [3.63, 3.8) is 0 Å². The van der Waals surface area contributed by atoms with Gasteiger partial charge in [-0.25, -0.2) is 0 Å². The Morgan fingerprint density at radius 1 is 1.17 bits per heavy atom. The molecule has 0 aliphatic rings. The second kappa shape index (κ2) is 5.61. The van der Waals surface area contributed by atoms with Crippen LogP contribution in [0.3, 0.4) is 0 Å². The number of aromatic nitrogens is 2. The third-order valence-electron chi connectivity index (χ3n) is 2.67. The first-order valence-corrected chi connectivity index (χ1v) is 6.09. The van der Waals surface area contributed by atoms with E-state index >= 15 is 0 Å². The molecule has 1 heterocycles. The molecule has 0 amide bonds. The van der Waals surface area contributed by atoms with E-state index in [2.05, 4.69) is 10.2 Å². The molecule has 4 nitrogen and oxygen atoms in total. The fourth-order valence-corrected chi connectivity index (χ4v) is 2.28. The summed E-state index contributed by atoms with van der Waals surface area (Å²) in [6.45, 7) is 0.330. The molecule has 0 bridgehead atoms. The van der Waals surface area contributed by atoms with Gasteiger partial charge >= 0.3 is 0 Å². The minimum Gasteiger partial charge on any atom is -0.378 e. The van der Waals surface area contributed by atoms with E-state index in [-0.39, 0.29) is 5.56 Å². The predicted octanol–water partition coefficient (Wildman–Crippen LogP) is 2.75. The first-order chi connectivity index (χ1) is 8.63. The maximum atomic E-state index is 11.7. The zero-order valence-corrected chi connectivity index (χ0v) is 11.2. The van der Waals surface area contributed by atoms with Gasteiger partial charge in [0.05, 0.1) is 12.3 Å². The topological polar surface area (TPSA) is 57.9 Å². The highest BCUT2D eigenvalue weighted by molar-refractivity contribution is 6.36. The number of halogens is 2. The lowest BCUT2D eigenvalue weighted by atomic mass is 10.1. The van der Waals surface area contributed by atoms with Crippen LogP contribution in [-0.2, 0) is 17.8 Å². The Bertz CT molecular complexity index is 584. The van der Waals surface area contributed by atoms with Gasteiger partial charge < -0.3 is 4.74 Å². The summed E-state index contributed by atoms with van der Waals surface area (Å²) < 4.78 is 5.02. The molecule has 1 aromatic carbocycles. The summed E-state index contributed by atoms with van der Waals surface area (Å²) in [6, 6.07) is 5.27. The van der Waals surface area contributed by atoms with Crippen molar-refractivity contribution >= 4 is 23.2 Å². The molecule has 18 heavy (non-hydrogen) atoms. The highest BCUT2D eigenvalue weighted by Gasteiger charge is 2.14. The first-order valence-electron chi connectivity index (χ1n) is 5.33. The van der Waals surface area contributed by atoms with Crippen LogP contribution in [0.5, 0.6) is 0 Å². The van der Waals surface area contributed by atoms with Crippen molar-refractivity contribution in [1.29, 1.82) is 0 Å². The van der Waals surface area contributed by atoms with Crippen molar-refractivity contribution in [2.45, 2.75) is 13.0 Å². The number of benzene rings is 1. The van der Waals surface area contributed by atoms with Gasteiger partial charge in [-0.2, -0.15) is 0 Å². The summed E-state index contributed by atoms with van der Waals surface area (Å²) in [6.07, 6.45) is 0.371. The molecular weight excluding hydrogens is 275 g/mol. The minimum atomic E-state index is -0.182. The van der Waals surface area contributed by atoms with Gasteiger partial charge in [0.15, 0.2) is 0 Å². The Morgan fingerprint density at radius 2 is 1.83 bits per heavy atom. The molecule has 2 rings (SSSR count). The molecule has 0 atom stereocenters. The summed E-state index contributed by atoms with van der Waals surface area (Å²) >= 11 is 12.2. The largest absolute Gasteiger partial charge is 0.378 e. The quantitative estimate of drug-likeness (QED) is 0.908. The van der Waals surface area contributed by atoms with E-state index in [1.165, 1.54) is 0 Å². The predicted molar refractivity (Wildman–Crippen MR) is 71.4 cm³/mol. The van der Waals surface area contributed by atoms with Gasteiger partial charge in [-0.05, 0) is 17.7 Å². The Balaban J connectivity index is 2.40. The van der Waals surface area contributed by atoms with Crippen LogP contribution in [0.25, 0.3) is 0 Å². The number of H-pyrrole nitrogens is 2. The first kappa shape index (κ1) is 13.2. The lowest BCUT2D eigenvalue weighted by Crippen LogP contribution is -2.08. The van der Waals surface area contributed by atoms with Gasteiger partial charge in [0.25, 0.3) is 5.56 Å². The number of hydrogen-bond acceptors (Lipinski definition) is 2. The molecule has 2 N–H and O–H groups in total. The number of aromatic amines is 2. The summed E-state index contributed by atoms with van der Waals surface area (Å²) in [5, 5.41) is 6.42. The fourth-order valence-electron chi connectivity index (χ4n) is 1.75. The van der Waals surface area contributed by atoms with Crippen LogP contribution in [0.15, 0.2) is 23.0 Å². The summed E-state index contributed by atoms with van der Waals surface area (Å²) in [5.74, 6) is 0. The molecule has 1 aromatic heterocycles. The summed E-state index contributed by atoms with van der Waals surface area (Å²) in [5.41, 5.74) is 1.85. The van der Waals surface area contributed by atoms with Crippen LogP contribution in [0.1, 0.15) is 16.8 Å². The third kappa shape index (κ3) is 2.61. The Labute approximate surface area is 114 Å². The number of ether oxygens (including phenoxy) is 1. The standard InChI is InChI=1S/C12H12Cl2N2O2/c1-18-6-11-8(12(17)16-15-11)5-7-9(13)3-2-4-10(7)14/h2-4H,5-6H2,1H3,(H2,15,16,17). The van der Waals surface area contributed by atoms with Gasteiger partial charge in [-0.15, -0.1) is 0 Å². The van der Waals surface area contributed by atoms with E-state index in [9.17, 15) is 4.79 Å². The van der Waals surface area contributed by atoms with Crippen LogP contribution in [0.2, 0.25) is 10.0 Å². The van der Waals surface area contributed by atoms with Crippen molar-refractivity contribution in [2.24, 2.45) is 0 Å². The second-order valence-corrected chi connectivity index (χ2v) is 4.66. The van der Waals surface area contributed by atoms with Crippen molar-refractivity contribution in [1.82, 2.24) is 10.2 Å². The molecule has 0 aliphatic heterocycles. The highest BCUT2D eigenvalue weighted by Crippen LogP contribution is 2.26. The van der Waals surface area contributed by atoms with Crippen LogP contribution in [-0.4, -0.2) is 17.3 Å². The summed E-state index contributed by atoms with van der Waals surface area (Å²) in [4.78, 5) is 11.7. The lowest BCUT2D eigenvalue weighted by molar-refractivity contribution is 0.181. The molecule has 0 saturated heterocycles. The molecule has 0 unspecified atom stereocenters. The molecule has 0 radical (unpaired) electrons. The van der Waals surface area contributed by atoms with E-state index in [0.29, 0.717) is 34.3 Å². The number of hydrogen-bond donors (Lipinski definition) is 2. The Hall–Kier alpha value is -1.23. The van der Waals surface area contributed by atoms with Crippen LogP contribution in [0.4, 0.5) is 0 Å². The molecule has 0 spiro atoms. The van der Waals surface area contributed by atoms with E-state index in [1.807, 2.05) is 0 Å². The minimum absolute atomic E-state index is 0.182. The molecular formula is C12H12Cl2N2O2. The molecule has 0 saturated carbocycles. The fraction of sp³-hybridized carbons (Fsp3) is 0.250. The smallest absolute Gasteiger partial charge is 0.267 e. The van der Waals surface area contributed by atoms with E-state index in [1.54, 1.807) is 25.3 Å². The number of nitrogens with one attached hydrogen (secondary N) is 2. The van der Waals surface area contributed by atoms with Gasteiger partial charge in [-0.3, -0.25) is 15.0 Å². The summed E-state index contributed by atoms with van der Waals surface area (Å²) in [7, 11) is 1.57. The normalized spacial score (nSPS) is 10.8. The Kier molecular flexibility index (Phi) is 4.11. The average Bonchev–Trinajstić information content (AvgIpc) is 2.66. The SMILES string of the molecule is COCc1[nH][nH]c(=O)c1Cc1c(Cl)cccc1Cl. The molecule has 96 valence electrons. The van der Waals surface area contributed by atoms with Crippen LogP contribution in [0, 0.1) is 0 Å². The van der Waals surface area contributed by atoms with Crippen LogP contribution >= 0.6 is 23.2 Å². The molecule has 2 aromatic rings. The maximum absolute atomic E-state index is 11.7. The maximum Gasteiger partial charge on any atom is 0.267 e. The monoisotopic (exact) mass is 286 g/mol. The molecule has 0 fully saturated rings. The average molecular weight is 287 g/mol. The lowest BCUT2D eigenvalue weighted by Gasteiger charge is -2.06. The van der Waals surface area contributed by atoms with Gasteiger partial charge in [0.1, 0.15) is 0 Å². The van der Waals surface area contributed by atoms with Crippen molar-refractivity contribution in [3.05, 3.63) is 55.4 Å². The zero-order chi connectivity index (χ0) is 13.1. The van der Waals surface area contributed by atoms with Crippen molar-refractivity contribution < 1.29 is 4.74 Å². The number of methoxy groups -OCH3 is 1. The van der Waals surface area contributed by atoms with Crippen molar-refractivity contribution in [2.75, 3.05) is 7.11 Å². The Morgan fingerprint density at radius 3 is 2.44 bits per heavy atom.